The highest BCUT2D eigenvalue weighted by molar-refractivity contribution is 6.33. The summed E-state index contributed by atoms with van der Waals surface area (Å²) in [6.07, 6.45) is 3.48. The van der Waals surface area contributed by atoms with Gasteiger partial charge >= 0.3 is 0 Å². The minimum Gasteiger partial charge on any atom is -0.497 e. The monoisotopic (exact) mass is 380 g/mol. The van der Waals surface area contributed by atoms with Crippen molar-refractivity contribution in [2.45, 2.75) is 19.3 Å². The summed E-state index contributed by atoms with van der Waals surface area (Å²) in [5.41, 5.74) is 9.03. The summed E-state index contributed by atoms with van der Waals surface area (Å²) in [6.45, 7) is 2.07. The average Bonchev–Trinajstić information content (AvgIpc) is 2.68. The lowest BCUT2D eigenvalue weighted by molar-refractivity contribution is 0.404. The third-order valence-electron chi connectivity index (χ3n) is 5.56. The van der Waals surface area contributed by atoms with Crippen LogP contribution in [0.5, 0.6) is 5.75 Å². The minimum atomic E-state index is 0.705. The Bertz CT molecular complexity index is 948. The van der Waals surface area contributed by atoms with Crippen LogP contribution in [0, 0.1) is 5.92 Å². The van der Waals surface area contributed by atoms with Gasteiger partial charge in [0.05, 0.1) is 17.8 Å². The van der Waals surface area contributed by atoms with Crippen LogP contribution in [-0.4, -0.2) is 20.2 Å². The van der Waals surface area contributed by atoms with Crippen molar-refractivity contribution in [3.8, 4) is 5.75 Å². The van der Waals surface area contributed by atoms with Crippen molar-refractivity contribution in [3.05, 3.63) is 65.2 Å². The van der Waals surface area contributed by atoms with Gasteiger partial charge in [-0.25, -0.2) is 0 Å². The number of benzene rings is 3. The molecule has 0 amide bonds. The number of rotatable bonds is 4. The fourth-order valence-electron chi connectivity index (χ4n) is 4.02. The Hall–Kier alpha value is -2.39. The second-order valence-corrected chi connectivity index (χ2v) is 7.80. The zero-order valence-electron chi connectivity index (χ0n) is 15.6. The molecule has 3 nitrogen and oxygen atoms in total. The molecule has 1 saturated heterocycles. The third kappa shape index (κ3) is 3.98. The Kier molecular flexibility index (Phi) is 5.13. The van der Waals surface area contributed by atoms with Crippen molar-refractivity contribution in [1.82, 2.24) is 0 Å². The summed E-state index contributed by atoms with van der Waals surface area (Å²) in [7, 11) is 1.71. The summed E-state index contributed by atoms with van der Waals surface area (Å²) in [4.78, 5) is 2.38. The molecular formula is C23H25ClN2O. The van der Waals surface area contributed by atoms with Crippen molar-refractivity contribution >= 4 is 33.7 Å². The van der Waals surface area contributed by atoms with E-state index in [1.54, 1.807) is 7.11 Å². The van der Waals surface area contributed by atoms with Crippen molar-refractivity contribution < 1.29 is 4.74 Å². The van der Waals surface area contributed by atoms with Gasteiger partial charge in [0.25, 0.3) is 0 Å². The number of hydrogen-bond acceptors (Lipinski definition) is 3. The van der Waals surface area contributed by atoms with Gasteiger partial charge in [0.2, 0.25) is 0 Å². The number of methoxy groups -OCH3 is 1. The van der Waals surface area contributed by atoms with Crippen LogP contribution in [0.15, 0.2) is 54.6 Å². The van der Waals surface area contributed by atoms with E-state index in [1.165, 1.54) is 29.2 Å². The van der Waals surface area contributed by atoms with Crippen LogP contribution in [0.4, 0.5) is 11.4 Å². The lowest BCUT2D eigenvalue weighted by Gasteiger charge is -2.34. The molecule has 0 aliphatic carbocycles. The second kappa shape index (κ2) is 7.69. The maximum absolute atomic E-state index is 6.38. The topological polar surface area (TPSA) is 38.5 Å². The molecule has 4 rings (SSSR count). The fraction of sp³-hybridized carbons (Fsp3) is 0.304. The molecule has 1 aliphatic heterocycles. The Morgan fingerprint density at radius 3 is 2.52 bits per heavy atom. The summed E-state index contributed by atoms with van der Waals surface area (Å²) < 4.78 is 5.36. The van der Waals surface area contributed by atoms with Gasteiger partial charge in [-0.1, -0.05) is 35.9 Å². The second-order valence-electron chi connectivity index (χ2n) is 7.39. The summed E-state index contributed by atoms with van der Waals surface area (Å²) in [5, 5.41) is 3.25. The number of halogens is 1. The molecule has 1 heterocycles. The van der Waals surface area contributed by atoms with Crippen LogP contribution in [0.25, 0.3) is 10.8 Å². The number of ether oxygens (including phenoxy) is 1. The minimum absolute atomic E-state index is 0.705. The summed E-state index contributed by atoms with van der Waals surface area (Å²) >= 11 is 6.38. The standard InChI is InChI=1S/C23H25ClN2O/c1-27-21-6-4-18-3-2-17(13-19(18)14-21)12-16-8-10-26(11-9-16)23-7-5-20(25)15-22(23)24/h2-7,13-16H,8-12,25H2,1H3. The Balaban J connectivity index is 1.42. The first kappa shape index (κ1) is 18.0. The Morgan fingerprint density at radius 1 is 1.00 bits per heavy atom. The molecule has 1 fully saturated rings. The smallest absolute Gasteiger partial charge is 0.119 e. The lowest BCUT2D eigenvalue weighted by Crippen LogP contribution is -2.34. The zero-order valence-corrected chi connectivity index (χ0v) is 16.4. The molecule has 140 valence electrons. The van der Waals surface area contributed by atoms with Gasteiger partial charge in [0, 0.05) is 18.8 Å². The Morgan fingerprint density at radius 2 is 1.78 bits per heavy atom. The molecule has 0 unspecified atom stereocenters. The lowest BCUT2D eigenvalue weighted by atomic mass is 9.89. The molecule has 0 spiro atoms. The number of fused-ring (bicyclic) bond motifs is 1. The number of piperidine rings is 1. The largest absolute Gasteiger partial charge is 0.497 e. The molecule has 0 radical (unpaired) electrons. The van der Waals surface area contributed by atoms with E-state index in [-0.39, 0.29) is 0 Å². The van der Waals surface area contributed by atoms with Crippen LogP contribution < -0.4 is 15.4 Å². The number of hydrogen-bond donors (Lipinski definition) is 1. The molecule has 1 aliphatic rings. The first-order valence-corrected chi connectivity index (χ1v) is 9.87. The van der Waals surface area contributed by atoms with E-state index in [1.807, 2.05) is 24.3 Å². The average molecular weight is 381 g/mol. The van der Waals surface area contributed by atoms with Crippen LogP contribution >= 0.6 is 11.6 Å². The SMILES string of the molecule is COc1ccc2ccc(CC3CCN(c4ccc(N)cc4Cl)CC3)cc2c1. The molecule has 0 saturated carbocycles. The molecule has 0 bridgehead atoms. The number of nitrogen functional groups attached to an aromatic ring is 1. The highest BCUT2D eigenvalue weighted by Gasteiger charge is 2.21. The molecule has 0 atom stereocenters. The van der Waals surface area contributed by atoms with Gasteiger partial charge < -0.3 is 15.4 Å². The predicted molar refractivity (Wildman–Crippen MR) is 115 cm³/mol. The summed E-state index contributed by atoms with van der Waals surface area (Å²) in [6, 6.07) is 18.8. The van der Waals surface area contributed by atoms with Gasteiger partial charge in [0.1, 0.15) is 5.75 Å². The van der Waals surface area contributed by atoms with E-state index in [2.05, 4.69) is 35.2 Å². The van der Waals surface area contributed by atoms with Crippen LogP contribution in [0.2, 0.25) is 5.02 Å². The van der Waals surface area contributed by atoms with E-state index in [9.17, 15) is 0 Å². The highest BCUT2D eigenvalue weighted by atomic mass is 35.5. The van der Waals surface area contributed by atoms with E-state index < -0.39 is 0 Å². The number of nitrogens with two attached hydrogens (primary N) is 1. The van der Waals surface area contributed by atoms with Gasteiger partial charge in [-0.2, -0.15) is 0 Å². The van der Waals surface area contributed by atoms with Gasteiger partial charge in [-0.3, -0.25) is 0 Å². The molecular weight excluding hydrogens is 356 g/mol. The normalized spacial score (nSPS) is 15.3. The van der Waals surface area contributed by atoms with Crippen molar-refractivity contribution in [2.24, 2.45) is 5.92 Å². The molecule has 0 aromatic heterocycles. The highest BCUT2D eigenvalue weighted by Crippen LogP contribution is 2.32. The van der Waals surface area contributed by atoms with E-state index in [0.29, 0.717) is 11.6 Å². The predicted octanol–water partition coefficient (Wildman–Crippen LogP) is 5.54. The van der Waals surface area contributed by atoms with Crippen LogP contribution in [0.3, 0.4) is 0 Å². The molecule has 4 heteroatoms. The van der Waals surface area contributed by atoms with E-state index >= 15 is 0 Å². The summed E-state index contributed by atoms with van der Waals surface area (Å²) in [5.74, 6) is 1.62. The van der Waals surface area contributed by atoms with Crippen LogP contribution in [0.1, 0.15) is 18.4 Å². The maximum Gasteiger partial charge on any atom is 0.119 e. The van der Waals surface area contributed by atoms with Gasteiger partial charge in [-0.05, 0) is 71.8 Å². The van der Waals surface area contributed by atoms with Crippen LogP contribution in [-0.2, 0) is 6.42 Å². The number of nitrogens with zero attached hydrogens (tertiary/aromatic N) is 1. The number of anilines is 2. The van der Waals surface area contributed by atoms with Crippen molar-refractivity contribution in [2.75, 3.05) is 30.8 Å². The first-order chi connectivity index (χ1) is 13.1. The molecule has 3 aromatic rings. The fourth-order valence-corrected chi connectivity index (χ4v) is 4.33. The molecule has 27 heavy (non-hydrogen) atoms. The first-order valence-electron chi connectivity index (χ1n) is 9.49. The quantitative estimate of drug-likeness (QED) is 0.603. The van der Waals surface area contributed by atoms with Gasteiger partial charge in [-0.15, -0.1) is 0 Å². The third-order valence-corrected chi connectivity index (χ3v) is 5.87. The van der Waals surface area contributed by atoms with Gasteiger partial charge in [0.15, 0.2) is 0 Å². The van der Waals surface area contributed by atoms with E-state index in [0.717, 1.165) is 36.0 Å². The zero-order chi connectivity index (χ0) is 18.8. The Labute approximate surface area is 165 Å². The van der Waals surface area contributed by atoms with Crippen molar-refractivity contribution in [1.29, 1.82) is 0 Å². The molecule has 3 aromatic carbocycles. The van der Waals surface area contributed by atoms with Crippen molar-refractivity contribution in [3.63, 3.8) is 0 Å². The van der Waals surface area contributed by atoms with E-state index in [4.69, 9.17) is 22.1 Å². The maximum atomic E-state index is 6.38. The molecule has 2 N–H and O–H groups in total.